The molecule has 0 saturated carbocycles. The summed E-state index contributed by atoms with van der Waals surface area (Å²) >= 11 is 1.34. The Labute approximate surface area is 231 Å². The average molecular weight is 544 g/mol. The first-order valence-corrected chi connectivity index (χ1v) is 13.8. The molecule has 0 aliphatic carbocycles. The quantitative estimate of drug-likeness (QED) is 0.228. The molecule has 1 aliphatic rings. The highest BCUT2D eigenvalue weighted by Crippen LogP contribution is 2.38. The van der Waals surface area contributed by atoms with Gasteiger partial charge in [0.05, 0.1) is 12.2 Å². The summed E-state index contributed by atoms with van der Waals surface area (Å²) in [5.41, 5.74) is 4.38. The van der Waals surface area contributed by atoms with Crippen LogP contribution in [0.15, 0.2) is 89.2 Å². The van der Waals surface area contributed by atoms with Crippen LogP contribution in [-0.4, -0.2) is 27.3 Å². The van der Waals surface area contributed by atoms with Crippen LogP contribution in [-0.2, 0) is 10.5 Å². The first kappa shape index (κ1) is 26.5. The normalized spacial score (nSPS) is 14.5. The summed E-state index contributed by atoms with van der Waals surface area (Å²) in [6.45, 7) is 6.49. The summed E-state index contributed by atoms with van der Waals surface area (Å²) < 4.78 is 21.8. The molecule has 200 valence electrons. The zero-order chi connectivity index (χ0) is 27.4. The maximum absolute atomic E-state index is 14.2. The number of carbonyl (C=O) groups excluding carboxylic acids is 1. The first-order chi connectivity index (χ1) is 18.9. The molecule has 5 rings (SSSR count). The van der Waals surface area contributed by atoms with E-state index < -0.39 is 6.04 Å². The third kappa shape index (κ3) is 5.98. The molecule has 0 radical (unpaired) electrons. The molecular formula is C30H30FN5O2S. The zero-order valence-corrected chi connectivity index (χ0v) is 22.9. The third-order valence-corrected chi connectivity index (χ3v) is 7.20. The molecule has 0 bridgehead atoms. The van der Waals surface area contributed by atoms with Gasteiger partial charge in [-0.25, -0.2) is 9.07 Å². The highest BCUT2D eigenvalue weighted by Gasteiger charge is 2.34. The molecule has 0 spiro atoms. The van der Waals surface area contributed by atoms with E-state index >= 15 is 0 Å². The monoisotopic (exact) mass is 543 g/mol. The lowest BCUT2D eigenvalue weighted by molar-refractivity contribution is -0.113. The van der Waals surface area contributed by atoms with Crippen molar-refractivity contribution >= 4 is 29.3 Å². The van der Waals surface area contributed by atoms with Crippen molar-refractivity contribution in [2.24, 2.45) is 0 Å². The van der Waals surface area contributed by atoms with Crippen molar-refractivity contribution in [2.75, 3.05) is 17.2 Å². The molecule has 0 fully saturated rings. The van der Waals surface area contributed by atoms with Crippen molar-refractivity contribution in [2.45, 2.75) is 44.1 Å². The minimum absolute atomic E-state index is 0.239. The van der Waals surface area contributed by atoms with Gasteiger partial charge in [-0.1, -0.05) is 61.2 Å². The predicted molar refractivity (Wildman–Crippen MR) is 152 cm³/mol. The average Bonchev–Trinajstić information content (AvgIpc) is 3.33. The summed E-state index contributed by atoms with van der Waals surface area (Å²) in [7, 11) is 0. The number of ether oxygens (including phenoxy) is 1. The van der Waals surface area contributed by atoms with Crippen molar-refractivity contribution in [3.63, 3.8) is 0 Å². The smallest absolute Gasteiger partial charge is 0.255 e. The van der Waals surface area contributed by atoms with Gasteiger partial charge in [-0.2, -0.15) is 4.98 Å². The maximum atomic E-state index is 14.2. The van der Waals surface area contributed by atoms with Gasteiger partial charge in [-0.3, -0.25) is 4.79 Å². The Morgan fingerprint density at radius 2 is 1.92 bits per heavy atom. The number of anilines is 2. The minimum Gasteiger partial charge on any atom is -0.494 e. The predicted octanol–water partition coefficient (Wildman–Crippen LogP) is 6.73. The molecule has 7 nitrogen and oxygen atoms in total. The molecule has 1 unspecified atom stereocenters. The molecule has 0 saturated heterocycles. The molecule has 3 aromatic carbocycles. The number of aryl methyl sites for hydroxylation is 1. The Morgan fingerprint density at radius 1 is 1.10 bits per heavy atom. The van der Waals surface area contributed by atoms with Crippen molar-refractivity contribution in [3.8, 4) is 5.75 Å². The van der Waals surface area contributed by atoms with Crippen molar-refractivity contribution in [1.82, 2.24) is 14.8 Å². The van der Waals surface area contributed by atoms with E-state index in [0.717, 1.165) is 23.3 Å². The number of fused-ring (bicyclic) bond motifs is 1. The molecule has 9 heteroatoms. The van der Waals surface area contributed by atoms with Crippen molar-refractivity contribution < 1.29 is 13.9 Å². The van der Waals surface area contributed by atoms with Crippen LogP contribution in [0.4, 0.5) is 16.0 Å². The third-order valence-electron chi connectivity index (χ3n) is 6.32. The number of nitrogens with zero attached hydrogens (tertiary/aromatic N) is 3. The summed E-state index contributed by atoms with van der Waals surface area (Å²) in [4.78, 5) is 18.4. The summed E-state index contributed by atoms with van der Waals surface area (Å²) in [5, 5.41) is 11.5. The van der Waals surface area contributed by atoms with E-state index in [0.29, 0.717) is 46.0 Å². The van der Waals surface area contributed by atoms with Crippen LogP contribution in [0, 0.1) is 12.7 Å². The fourth-order valence-corrected chi connectivity index (χ4v) is 5.28. The van der Waals surface area contributed by atoms with E-state index in [1.165, 1.54) is 17.8 Å². The van der Waals surface area contributed by atoms with Gasteiger partial charge >= 0.3 is 0 Å². The number of hydrogen-bond donors (Lipinski definition) is 2. The Hall–Kier alpha value is -4.11. The first-order valence-electron chi connectivity index (χ1n) is 12.8. The second-order valence-corrected chi connectivity index (χ2v) is 10.3. The second-order valence-electron chi connectivity index (χ2n) is 9.35. The standard InChI is InChI=1S/C30H30FN5O2S/c1-4-15-38-24-13-8-11-21(17-24)27-26(28(37)33-23-12-7-9-19(2)16-23)20(3)32-29-34-30(35-36(27)29)39-18-22-10-5-6-14-25(22)31/h5-14,16-17,27H,4,15,18H2,1-3H3,(H,33,37)(H,32,34,35). The Balaban J connectivity index is 1.51. The number of allylic oxidation sites excluding steroid dienone is 1. The van der Waals surface area contributed by atoms with Gasteiger partial charge in [-0.15, -0.1) is 5.10 Å². The number of halogens is 1. The van der Waals surface area contributed by atoms with Gasteiger partial charge in [0, 0.05) is 17.1 Å². The van der Waals surface area contributed by atoms with Gasteiger partial charge in [0.1, 0.15) is 17.6 Å². The molecule has 39 heavy (non-hydrogen) atoms. The van der Waals surface area contributed by atoms with Gasteiger partial charge in [0.15, 0.2) is 0 Å². The topological polar surface area (TPSA) is 81.1 Å². The lowest BCUT2D eigenvalue weighted by Crippen LogP contribution is -2.31. The number of amides is 1. The molecule has 1 atom stereocenters. The molecule has 1 aromatic heterocycles. The van der Waals surface area contributed by atoms with Crippen molar-refractivity contribution in [3.05, 3.63) is 107 Å². The molecular weight excluding hydrogens is 513 g/mol. The van der Waals surface area contributed by atoms with E-state index in [1.54, 1.807) is 16.8 Å². The van der Waals surface area contributed by atoms with E-state index in [-0.39, 0.29) is 11.7 Å². The summed E-state index contributed by atoms with van der Waals surface area (Å²) in [6.07, 6.45) is 0.885. The number of aromatic nitrogens is 3. The van der Waals surface area contributed by atoms with Gasteiger partial charge in [0.25, 0.3) is 5.91 Å². The maximum Gasteiger partial charge on any atom is 0.255 e. The molecule has 1 amide bonds. The van der Waals surface area contributed by atoms with E-state index in [9.17, 15) is 9.18 Å². The number of rotatable bonds is 9. The number of nitrogens with one attached hydrogen (secondary N) is 2. The molecule has 2 heterocycles. The largest absolute Gasteiger partial charge is 0.494 e. The number of carbonyl (C=O) groups is 1. The molecule has 1 aliphatic heterocycles. The lowest BCUT2D eigenvalue weighted by atomic mass is 9.94. The molecule has 2 N–H and O–H groups in total. The van der Waals surface area contributed by atoms with Crippen LogP contribution in [0.1, 0.15) is 43.0 Å². The Kier molecular flexibility index (Phi) is 7.97. The van der Waals surface area contributed by atoms with Crippen LogP contribution in [0.5, 0.6) is 5.75 Å². The highest BCUT2D eigenvalue weighted by molar-refractivity contribution is 7.98. The van der Waals surface area contributed by atoms with Gasteiger partial charge < -0.3 is 15.4 Å². The van der Waals surface area contributed by atoms with Crippen LogP contribution in [0.3, 0.4) is 0 Å². The SMILES string of the molecule is CCCOc1cccc(C2C(C(=O)Nc3cccc(C)c3)=C(C)Nc3nc(SCc4ccccc4F)nn32)c1. The Morgan fingerprint density at radius 3 is 2.72 bits per heavy atom. The van der Waals surface area contributed by atoms with Gasteiger partial charge in [-0.05, 0) is 67.3 Å². The summed E-state index contributed by atoms with van der Waals surface area (Å²) in [6, 6.07) is 21.5. The van der Waals surface area contributed by atoms with E-state index in [2.05, 4.69) is 22.5 Å². The van der Waals surface area contributed by atoms with Crippen molar-refractivity contribution in [1.29, 1.82) is 0 Å². The van der Waals surface area contributed by atoms with Gasteiger partial charge in [0.2, 0.25) is 11.1 Å². The number of benzene rings is 3. The lowest BCUT2D eigenvalue weighted by Gasteiger charge is -2.29. The Bertz CT molecular complexity index is 1530. The zero-order valence-electron chi connectivity index (χ0n) is 22.1. The van der Waals surface area contributed by atoms with E-state index in [1.807, 2.05) is 68.4 Å². The van der Waals surface area contributed by atoms with Crippen LogP contribution >= 0.6 is 11.8 Å². The van der Waals surface area contributed by atoms with Crippen LogP contribution < -0.4 is 15.4 Å². The highest BCUT2D eigenvalue weighted by atomic mass is 32.2. The second kappa shape index (κ2) is 11.7. The fraction of sp³-hybridized carbons (Fsp3) is 0.233. The number of thioether (sulfide) groups is 1. The fourth-order valence-electron chi connectivity index (χ4n) is 4.47. The van der Waals surface area contributed by atoms with Crippen LogP contribution in [0.25, 0.3) is 0 Å². The van der Waals surface area contributed by atoms with Crippen LogP contribution in [0.2, 0.25) is 0 Å². The molecule has 4 aromatic rings. The minimum atomic E-state index is -0.549. The summed E-state index contributed by atoms with van der Waals surface area (Å²) in [5.74, 6) is 1.12. The number of hydrogen-bond acceptors (Lipinski definition) is 6. The van der Waals surface area contributed by atoms with E-state index in [4.69, 9.17) is 9.84 Å².